The maximum atomic E-state index is 12.3. The van der Waals surface area contributed by atoms with E-state index in [0.29, 0.717) is 6.61 Å². The molecule has 21 heavy (non-hydrogen) atoms. The lowest BCUT2D eigenvalue weighted by Crippen LogP contribution is -2.33. The maximum absolute atomic E-state index is 12.3. The van der Waals surface area contributed by atoms with E-state index >= 15 is 0 Å². The molecule has 1 aliphatic rings. The van der Waals surface area contributed by atoms with E-state index in [1.54, 1.807) is 19.1 Å². The lowest BCUT2D eigenvalue weighted by Gasteiger charge is -2.13. The Labute approximate surface area is 124 Å². The first kappa shape index (κ1) is 15.9. The van der Waals surface area contributed by atoms with Crippen LogP contribution < -0.4 is 10.2 Å². The van der Waals surface area contributed by atoms with Gasteiger partial charge in [-0.2, -0.15) is 0 Å². The molecular weight excluding hydrogens is 292 g/mol. The lowest BCUT2D eigenvalue weighted by atomic mass is 10.2. The van der Waals surface area contributed by atoms with Gasteiger partial charge < -0.3 is 0 Å². The molecule has 7 heteroatoms. The molecule has 0 aliphatic heterocycles. The highest BCUT2D eigenvalue weighted by atomic mass is 32.2. The van der Waals surface area contributed by atoms with Crippen LogP contribution in [-0.2, 0) is 14.9 Å². The molecule has 116 valence electrons. The topological polar surface area (TPSA) is 84.5 Å². The van der Waals surface area contributed by atoms with Gasteiger partial charge in [-0.3, -0.25) is 9.63 Å². The van der Waals surface area contributed by atoms with Crippen LogP contribution in [0.1, 0.15) is 43.0 Å². The van der Waals surface area contributed by atoms with Crippen molar-refractivity contribution in [3.8, 4) is 0 Å². The summed E-state index contributed by atoms with van der Waals surface area (Å²) >= 11 is 0. The van der Waals surface area contributed by atoms with Crippen molar-refractivity contribution in [3.05, 3.63) is 29.8 Å². The van der Waals surface area contributed by atoms with Crippen molar-refractivity contribution < 1.29 is 18.0 Å². The van der Waals surface area contributed by atoms with Crippen LogP contribution in [0.2, 0.25) is 0 Å². The average Bonchev–Trinajstić information content (AvgIpc) is 2.97. The number of amides is 1. The van der Waals surface area contributed by atoms with Crippen molar-refractivity contribution >= 4 is 15.9 Å². The number of hydrogen-bond donors (Lipinski definition) is 2. The predicted molar refractivity (Wildman–Crippen MR) is 78.1 cm³/mol. The van der Waals surface area contributed by atoms with Crippen molar-refractivity contribution in [2.75, 3.05) is 6.61 Å². The van der Waals surface area contributed by atoms with Crippen molar-refractivity contribution in [1.82, 2.24) is 10.2 Å². The minimum Gasteiger partial charge on any atom is -0.274 e. The van der Waals surface area contributed by atoms with Crippen molar-refractivity contribution in [1.29, 1.82) is 0 Å². The second-order valence-corrected chi connectivity index (χ2v) is 6.71. The molecule has 1 fully saturated rings. The SMILES string of the molecule is CCONC(=O)c1cccc(S(=O)(=O)NC2CCCC2)c1. The van der Waals surface area contributed by atoms with Gasteiger partial charge >= 0.3 is 0 Å². The van der Waals surface area contributed by atoms with Crippen LogP contribution in [0.5, 0.6) is 0 Å². The number of benzene rings is 1. The molecule has 0 saturated heterocycles. The molecule has 2 rings (SSSR count). The molecule has 1 aromatic rings. The van der Waals surface area contributed by atoms with Crippen molar-refractivity contribution in [2.45, 2.75) is 43.5 Å². The van der Waals surface area contributed by atoms with E-state index in [2.05, 4.69) is 10.2 Å². The van der Waals surface area contributed by atoms with Crippen LogP contribution in [0.25, 0.3) is 0 Å². The summed E-state index contributed by atoms with van der Waals surface area (Å²) in [6.45, 7) is 2.08. The van der Waals surface area contributed by atoms with Gasteiger partial charge in [0.2, 0.25) is 10.0 Å². The predicted octanol–water partition coefficient (Wildman–Crippen LogP) is 1.59. The molecular formula is C14H20N2O4S. The molecule has 1 saturated carbocycles. The van der Waals surface area contributed by atoms with Crippen LogP contribution in [0.4, 0.5) is 0 Å². The lowest BCUT2D eigenvalue weighted by molar-refractivity contribution is 0.0364. The first-order valence-corrected chi connectivity index (χ1v) is 8.56. The highest BCUT2D eigenvalue weighted by Crippen LogP contribution is 2.20. The molecule has 0 unspecified atom stereocenters. The van der Waals surface area contributed by atoms with E-state index in [0.717, 1.165) is 25.7 Å². The molecule has 2 N–H and O–H groups in total. The zero-order chi connectivity index (χ0) is 15.3. The van der Waals surface area contributed by atoms with Crippen LogP contribution in [0.15, 0.2) is 29.2 Å². The second-order valence-electron chi connectivity index (χ2n) is 4.99. The van der Waals surface area contributed by atoms with Crippen LogP contribution in [-0.4, -0.2) is 27.0 Å². The average molecular weight is 312 g/mol. The summed E-state index contributed by atoms with van der Waals surface area (Å²) in [5.74, 6) is -0.463. The third-order valence-corrected chi connectivity index (χ3v) is 4.91. The smallest absolute Gasteiger partial charge is 0.274 e. The van der Waals surface area contributed by atoms with E-state index in [1.807, 2.05) is 0 Å². The second kappa shape index (κ2) is 7.02. The molecule has 1 aliphatic carbocycles. The van der Waals surface area contributed by atoms with E-state index in [1.165, 1.54) is 12.1 Å². The molecule has 1 amide bonds. The largest absolute Gasteiger partial charge is 0.274 e. The van der Waals surface area contributed by atoms with Crippen molar-refractivity contribution in [3.63, 3.8) is 0 Å². The molecule has 0 atom stereocenters. The van der Waals surface area contributed by atoms with Crippen molar-refractivity contribution in [2.24, 2.45) is 0 Å². The van der Waals surface area contributed by atoms with Gasteiger partial charge in [0.05, 0.1) is 11.5 Å². The number of carbonyl (C=O) groups is 1. The fourth-order valence-electron chi connectivity index (χ4n) is 2.33. The Morgan fingerprint density at radius 3 is 2.71 bits per heavy atom. The Bertz CT molecular complexity index is 595. The third-order valence-electron chi connectivity index (χ3n) is 3.39. The minimum absolute atomic E-state index is 0.00379. The standard InChI is InChI=1S/C14H20N2O4S/c1-2-20-15-14(17)11-6-5-9-13(10-11)21(18,19)16-12-7-3-4-8-12/h5-6,9-10,12,16H,2-4,7-8H2,1H3,(H,15,17). The number of rotatable bonds is 6. The van der Waals surface area contributed by atoms with E-state index in [4.69, 9.17) is 4.84 Å². The molecule has 0 heterocycles. The Kier molecular flexibility index (Phi) is 5.33. The Morgan fingerprint density at radius 1 is 1.33 bits per heavy atom. The molecule has 0 radical (unpaired) electrons. The van der Waals surface area contributed by atoms with E-state index < -0.39 is 15.9 Å². The Balaban J connectivity index is 2.13. The van der Waals surface area contributed by atoms with Crippen LogP contribution >= 0.6 is 0 Å². The van der Waals surface area contributed by atoms with Crippen LogP contribution in [0, 0.1) is 0 Å². The summed E-state index contributed by atoms with van der Waals surface area (Å²) in [6.07, 6.45) is 3.82. The highest BCUT2D eigenvalue weighted by Gasteiger charge is 2.23. The monoisotopic (exact) mass is 312 g/mol. The number of sulfonamides is 1. The number of hydrogen-bond acceptors (Lipinski definition) is 4. The van der Waals surface area contributed by atoms with Gasteiger partial charge in [-0.05, 0) is 38.0 Å². The first-order chi connectivity index (χ1) is 10.0. The van der Waals surface area contributed by atoms with Crippen LogP contribution in [0.3, 0.4) is 0 Å². The van der Waals surface area contributed by atoms with Gasteiger partial charge in [-0.15, -0.1) is 0 Å². The molecule has 6 nitrogen and oxygen atoms in total. The molecule has 0 bridgehead atoms. The van der Waals surface area contributed by atoms with Gasteiger partial charge in [0.25, 0.3) is 5.91 Å². The Hall–Kier alpha value is -1.44. The summed E-state index contributed by atoms with van der Waals surface area (Å²) in [7, 11) is -3.59. The minimum atomic E-state index is -3.59. The quantitative estimate of drug-likeness (QED) is 0.781. The zero-order valence-corrected chi connectivity index (χ0v) is 12.8. The van der Waals surface area contributed by atoms with Gasteiger partial charge in [0.1, 0.15) is 0 Å². The number of carbonyl (C=O) groups excluding carboxylic acids is 1. The summed E-state index contributed by atoms with van der Waals surface area (Å²) in [5.41, 5.74) is 2.49. The van der Waals surface area contributed by atoms with Gasteiger partial charge in [-0.25, -0.2) is 18.6 Å². The summed E-state index contributed by atoms with van der Waals surface area (Å²) in [4.78, 5) is 16.7. The summed E-state index contributed by atoms with van der Waals surface area (Å²) < 4.78 is 27.3. The van der Waals surface area contributed by atoms with E-state index in [-0.39, 0.29) is 16.5 Å². The van der Waals surface area contributed by atoms with Gasteiger partial charge in [0, 0.05) is 11.6 Å². The summed E-state index contributed by atoms with van der Waals surface area (Å²) in [5, 5.41) is 0. The van der Waals surface area contributed by atoms with Gasteiger partial charge in [-0.1, -0.05) is 18.9 Å². The molecule has 0 aromatic heterocycles. The fraction of sp³-hybridized carbons (Fsp3) is 0.500. The van der Waals surface area contributed by atoms with E-state index in [9.17, 15) is 13.2 Å². The maximum Gasteiger partial charge on any atom is 0.274 e. The highest BCUT2D eigenvalue weighted by molar-refractivity contribution is 7.89. The number of hydroxylamine groups is 1. The fourth-order valence-corrected chi connectivity index (χ4v) is 3.68. The number of nitrogens with one attached hydrogen (secondary N) is 2. The zero-order valence-electron chi connectivity index (χ0n) is 12.0. The third kappa shape index (κ3) is 4.26. The Morgan fingerprint density at radius 2 is 2.05 bits per heavy atom. The molecule has 0 spiro atoms. The summed E-state index contributed by atoms with van der Waals surface area (Å²) in [6, 6.07) is 5.92. The first-order valence-electron chi connectivity index (χ1n) is 7.07. The molecule has 1 aromatic carbocycles. The van der Waals surface area contributed by atoms with Gasteiger partial charge in [0.15, 0.2) is 0 Å². The normalized spacial score (nSPS) is 16.0.